The Kier molecular flexibility index (Phi) is 0.809. The van der Waals surface area contributed by atoms with E-state index >= 15 is 0 Å². The molecule has 3 fully saturated rings. The first kappa shape index (κ1) is 6.04. The summed E-state index contributed by atoms with van der Waals surface area (Å²) >= 11 is 0. The topological polar surface area (TPSA) is 37.3 Å². The molecule has 60 valence electrons. The number of aliphatic carboxylic acids is 1. The van der Waals surface area contributed by atoms with Crippen molar-refractivity contribution >= 4 is 5.97 Å². The summed E-state index contributed by atoms with van der Waals surface area (Å²) in [4.78, 5) is 10.6. The minimum Gasteiger partial charge on any atom is -0.481 e. The van der Waals surface area contributed by atoms with E-state index in [4.69, 9.17) is 5.11 Å². The summed E-state index contributed by atoms with van der Waals surface area (Å²) in [6.07, 6.45) is 4.92. The summed E-state index contributed by atoms with van der Waals surface area (Å²) in [5, 5.41) is 8.78. The summed E-state index contributed by atoms with van der Waals surface area (Å²) in [5.74, 6) is 0.999. The first-order chi connectivity index (χ1) is 5.24. The zero-order chi connectivity index (χ0) is 7.64. The maximum absolute atomic E-state index is 10.6. The highest BCUT2D eigenvalue weighted by Gasteiger charge is 2.71. The third kappa shape index (κ3) is 0.445. The van der Waals surface area contributed by atoms with Gasteiger partial charge in [0.25, 0.3) is 0 Å². The van der Waals surface area contributed by atoms with E-state index in [9.17, 15) is 4.79 Å². The van der Waals surface area contributed by atoms with E-state index in [1.54, 1.807) is 0 Å². The van der Waals surface area contributed by atoms with Crippen LogP contribution >= 0.6 is 0 Å². The second kappa shape index (κ2) is 1.47. The molecule has 1 N–H and O–H groups in total. The first-order valence-electron chi connectivity index (χ1n) is 4.47. The number of carboxylic acids is 1. The Morgan fingerprint density at radius 1 is 1.55 bits per heavy atom. The van der Waals surface area contributed by atoms with E-state index in [0.29, 0.717) is 11.3 Å². The minimum atomic E-state index is -0.550. The van der Waals surface area contributed by atoms with E-state index in [0.717, 1.165) is 12.3 Å². The van der Waals surface area contributed by atoms with E-state index in [2.05, 4.69) is 0 Å². The molecule has 0 aromatic carbocycles. The highest BCUT2D eigenvalue weighted by Crippen LogP contribution is 2.76. The molecule has 0 radical (unpaired) electrons. The Bertz CT molecular complexity index is 236. The second-order valence-corrected chi connectivity index (χ2v) is 4.46. The fourth-order valence-electron chi connectivity index (χ4n) is 3.58. The van der Waals surface area contributed by atoms with Crippen LogP contribution in [0.2, 0.25) is 0 Å². The van der Waals surface area contributed by atoms with Crippen LogP contribution < -0.4 is 0 Å². The Labute approximate surface area is 65.6 Å². The quantitative estimate of drug-likeness (QED) is 0.618. The van der Waals surface area contributed by atoms with Crippen molar-refractivity contribution in [1.82, 2.24) is 0 Å². The van der Waals surface area contributed by atoms with Gasteiger partial charge >= 0.3 is 5.97 Å². The van der Waals surface area contributed by atoms with Crippen LogP contribution in [0.25, 0.3) is 0 Å². The van der Waals surface area contributed by atoms with Crippen LogP contribution in [0.3, 0.4) is 0 Å². The average molecular weight is 152 g/mol. The monoisotopic (exact) mass is 152 g/mol. The Morgan fingerprint density at radius 3 is 2.64 bits per heavy atom. The number of hydrogen-bond acceptors (Lipinski definition) is 1. The van der Waals surface area contributed by atoms with Crippen molar-refractivity contribution in [2.45, 2.75) is 25.7 Å². The van der Waals surface area contributed by atoms with Crippen LogP contribution in [0.1, 0.15) is 25.7 Å². The Balaban J connectivity index is 1.78. The molecule has 0 amide bonds. The molecule has 2 heteroatoms. The zero-order valence-corrected chi connectivity index (χ0v) is 6.42. The number of hydrogen-bond donors (Lipinski definition) is 1. The largest absolute Gasteiger partial charge is 0.481 e. The maximum Gasteiger partial charge on any atom is 0.306 e. The van der Waals surface area contributed by atoms with Gasteiger partial charge in [-0.2, -0.15) is 0 Å². The molecule has 0 unspecified atom stereocenters. The van der Waals surface area contributed by atoms with Gasteiger partial charge in [0.05, 0.1) is 5.92 Å². The lowest BCUT2D eigenvalue weighted by molar-refractivity contribution is -0.254. The van der Waals surface area contributed by atoms with E-state index in [1.807, 2.05) is 0 Å². The van der Waals surface area contributed by atoms with Crippen LogP contribution in [0.4, 0.5) is 0 Å². The highest BCUT2D eigenvalue weighted by molar-refractivity contribution is 5.72. The van der Waals surface area contributed by atoms with Crippen molar-refractivity contribution in [3.05, 3.63) is 0 Å². The van der Waals surface area contributed by atoms with Gasteiger partial charge in [-0.25, -0.2) is 0 Å². The van der Waals surface area contributed by atoms with Gasteiger partial charge in [-0.1, -0.05) is 0 Å². The molecule has 0 bridgehead atoms. The molecule has 3 aliphatic rings. The van der Waals surface area contributed by atoms with Crippen molar-refractivity contribution < 1.29 is 9.90 Å². The van der Waals surface area contributed by atoms with Gasteiger partial charge < -0.3 is 5.11 Å². The fourth-order valence-corrected chi connectivity index (χ4v) is 3.58. The lowest BCUT2D eigenvalue weighted by atomic mass is 9.30. The fraction of sp³-hybridized carbons (Fsp3) is 0.889. The molecule has 3 saturated carbocycles. The van der Waals surface area contributed by atoms with Gasteiger partial charge in [0.1, 0.15) is 0 Å². The zero-order valence-electron chi connectivity index (χ0n) is 6.42. The SMILES string of the molecule is O=C(O)[C@@H]1C[C@@]23CC[C@H]2C[C@H]13. The van der Waals surface area contributed by atoms with Crippen LogP contribution in [0.5, 0.6) is 0 Å². The predicted octanol–water partition coefficient (Wildman–Crippen LogP) is 1.51. The summed E-state index contributed by atoms with van der Waals surface area (Å²) in [5.41, 5.74) is 0.572. The number of carboxylic acid groups (broad SMARTS) is 1. The van der Waals surface area contributed by atoms with E-state index in [1.165, 1.54) is 19.3 Å². The van der Waals surface area contributed by atoms with Crippen molar-refractivity contribution in [1.29, 1.82) is 0 Å². The minimum absolute atomic E-state index is 0.0338. The molecule has 0 aromatic heterocycles. The number of rotatable bonds is 1. The van der Waals surface area contributed by atoms with Gasteiger partial charge in [0.2, 0.25) is 0 Å². The molecule has 0 aromatic rings. The molecular formula is C9H12O2. The van der Waals surface area contributed by atoms with Crippen LogP contribution in [0.15, 0.2) is 0 Å². The molecule has 2 nitrogen and oxygen atoms in total. The first-order valence-corrected chi connectivity index (χ1v) is 4.47. The van der Waals surface area contributed by atoms with Crippen molar-refractivity contribution in [3.63, 3.8) is 0 Å². The summed E-state index contributed by atoms with van der Waals surface area (Å²) in [7, 11) is 0. The predicted molar refractivity (Wildman–Crippen MR) is 39.0 cm³/mol. The Hall–Kier alpha value is -0.530. The van der Waals surface area contributed by atoms with Gasteiger partial charge in [0, 0.05) is 0 Å². The van der Waals surface area contributed by atoms with E-state index < -0.39 is 5.97 Å². The second-order valence-electron chi connectivity index (χ2n) is 4.46. The normalized spacial score (nSPS) is 57.6. The number of carbonyl (C=O) groups is 1. The molecule has 0 aliphatic heterocycles. The van der Waals surface area contributed by atoms with Crippen molar-refractivity contribution in [2.75, 3.05) is 0 Å². The van der Waals surface area contributed by atoms with Crippen LogP contribution in [-0.4, -0.2) is 11.1 Å². The van der Waals surface area contributed by atoms with Crippen molar-refractivity contribution in [3.8, 4) is 0 Å². The third-order valence-corrected chi connectivity index (χ3v) is 4.45. The van der Waals surface area contributed by atoms with Crippen molar-refractivity contribution in [2.24, 2.45) is 23.2 Å². The highest BCUT2D eigenvalue weighted by atomic mass is 16.4. The smallest absolute Gasteiger partial charge is 0.306 e. The van der Waals surface area contributed by atoms with Gasteiger partial charge in [-0.3, -0.25) is 4.79 Å². The lowest BCUT2D eigenvalue weighted by Gasteiger charge is -2.73. The molecule has 4 atom stereocenters. The molecular weight excluding hydrogens is 140 g/mol. The molecule has 11 heavy (non-hydrogen) atoms. The van der Waals surface area contributed by atoms with Gasteiger partial charge in [-0.15, -0.1) is 0 Å². The van der Waals surface area contributed by atoms with Crippen LogP contribution in [-0.2, 0) is 4.79 Å². The Morgan fingerprint density at radius 2 is 2.36 bits per heavy atom. The van der Waals surface area contributed by atoms with Gasteiger partial charge in [-0.05, 0) is 42.9 Å². The average Bonchev–Trinajstić information content (AvgIpc) is 1.83. The third-order valence-electron chi connectivity index (χ3n) is 4.45. The molecule has 3 rings (SSSR count). The van der Waals surface area contributed by atoms with Gasteiger partial charge in [0.15, 0.2) is 0 Å². The maximum atomic E-state index is 10.6. The molecule has 1 spiro atoms. The summed E-state index contributed by atoms with van der Waals surface area (Å²) < 4.78 is 0. The standard InChI is InChI=1S/C9H12O2/c10-8(11)6-4-9-2-1-5(9)3-7(6)9/h5-7H,1-4H2,(H,10,11)/t5-,6+,7+,9-/m0/s1. The van der Waals surface area contributed by atoms with E-state index in [-0.39, 0.29) is 5.92 Å². The molecule has 0 heterocycles. The van der Waals surface area contributed by atoms with Crippen LogP contribution in [0, 0.1) is 23.2 Å². The summed E-state index contributed by atoms with van der Waals surface area (Å²) in [6.45, 7) is 0. The molecule has 3 aliphatic carbocycles. The molecule has 0 saturated heterocycles. The summed E-state index contributed by atoms with van der Waals surface area (Å²) in [6, 6.07) is 0. The lowest BCUT2D eigenvalue weighted by Crippen LogP contribution is -2.68.